The SMILES string of the molecule is CCOC(=O)c1ccc(-n2cnnc2)cc1. The zero-order valence-corrected chi connectivity index (χ0v) is 8.83. The Bertz CT molecular complexity index is 462. The zero-order chi connectivity index (χ0) is 11.4. The lowest BCUT2D eigenvalue weighted by Crippen LogP contribution is -2.04. The standard InChI is InChI=1S/C11H11N3O2/c1-2-16-11(15)9-3-5-10(6-4-9)14-7-12-13-8-14/h3-8H,2H2,1H3. The van der Waals surface area contributed by atoms with Crippen molar-refractivity contribution in [1.29, 1.82) is 0 Å². The quantitative estimate of drug-likeness (QED) is 0.730. The summed E-state index contributed by atoms with van der Waals surface area (Å²) in [6, 6.07) is 7.06. The first-order chi connectivity index (χ1) is 7.81. The second kappa shape index (κ2) is 4.57. The van der Waals surface area contributed by atoms with Gasteiger partial charge in [-0.1, -0.05) is 0 Å². The molecule has 0 aliphatic carbocycles. The summed E-state index contributed by atoms with van der Waals surface area (Å²) in [5.74, 6) is -0.308. The fourth-order valence-corrected chi connectivity index (χ4v) is 1.32. The molecule has 16 heavy (non-hydrogen) atoms. The molecule has 82 valence electrons. The van der Waals surface area contributed by atoms with E-state index in [1.54, 1.807) is 36.3 Å². The normalized spacial score (nSPS) is 10.1. The van der Waals surface area contributed by atoms with Crippen LogP contribution < -0.4 is 0 Å². The molecular formula is C11H11N3O2. The van der Waals surface area contributed by atoms with Gasteiger partial charge in [0.15, 0.2) is 0 Å². The van der Waals surface area contributed by atoms with Crippen LogP contribution in [0.2, 0.25) is 0 Å². The van der Waals surface area contributed by atoms with Crippen LogP contribution in [0, 0.1) is 0 Å². The molecule has 2 rings (SSSR count). The highest BCUT2D eigenvalue weighted by atomic mass is 16.5. The third-order valence-electron chi connectivity index (χ3n) is 2.10. The number of esters is 1. The summed E-state index contributed by atoms with van der Waals surface area (Å²) in [6.45, 7) is 2.16. The van der Waals surface area contributed by atoms with Gasteiger partial charge in [-0.3, -0.25) is 4.57 Å². The molecule has 0 radical (unpaired) electrons. The third-order valence-corrected chi connectivity index (χ3v) is 2.10. The summed E-state index contributed by atoms with van der Waals surface area (Å²) in [5, 5.41) is 7.41. The summed E-state index contributed by atoms with van der Waals surface area (Å²) >= 11 is 0. The maximum absolute atomic E-state index is 11.4. The molecule has 1 heterocycles. The molecule has 0 saturated heterocycles. The van der Waals surface area contributed by atoms with Crippen molar-refractivity contribution in [2.75, 3.05) is 6.61 Å². The van der Waals surface area contributed by atoms with E-state index < -0.39 is 0 Å². The van der Waals surface area contributed by atoms with Crippen molar-refractivity contribution >= 4 is 5.97 Å². The Morgan fingerprint density at radius 1 is 1.25 bits per heavy atom. The van der Waals surface area contributed by atoms with Gasteiger partial charge in [0.25, 0.3) is 0 Å². The topological polar surface area (TPSA) is 57.0 Å². The van der Waals surface area contributed by atoms with E-state index in [0.717, 1.165) is 5.69 Å². The fraction of sp³-hybridized carbons (Fsp3) is 0.182. The van der Waals surface area contributed by atoms with Crippen LogP contribution in [0.4, 0.5) is 0 Å². The van der Waals surface area contributed by atoms with E-state index in [4.69, 9.17) is 4.74 Å². The average Bonchev–Trinajstić information content (AvgIpc) is 2.83. The number of carbonyl (C=O) groups is 1. The molecular weight excluding hydrogens is 206 g/mol. The number of nitrogens with zero attached hydrogens (tertiary/aromatic N) is 3. The van der Waals surface area contributed by atoms with Crippen molar-refractivity contribution in [3.8, 4) is 5.69 Å². The van der Waals surface area contributed by atoms with Gasteiger partial charge in [0, 0.05) is 5.69 Å². The monoisotopic (exact) mass is 217 g/mol. The first kappa shape index (κ1) is 10.4. The number of aromatic nitrogens is 3. The Morgan fingerprint density at radius 2 is 1.88 bits per heavy atom. The predicted octanol–water partition coefficient (Wildman–Crippen LogP) is 1.44. The minimum Gasteiger partial charge on any atom is -0.462 e. The molecule has 0 N–H and O–H groups in total. The summed E-state index contributed by atoms with van der Waals surface area (Å²) in [6.07, 6.45) is 3.19. The van der Waals surface area contributed by atoms with Gasteiger partial charge < -0.3 is 4.74 Å². The Morgan fingerprint density at radius 3 is 2.44 bits per heavy atom. The molecule has 0 bridgehead atoms. The van der Waals surface area contributed by atoms with Crippen molar-refractivity contribution in [2.45, 2.75) is 6.92 Å². The molecule has 5 nitrogen and oxygen atoms in total. The molecule has 0 aliphatic rings. The maximum atomic E-state index is 11.4. The Kier molecular flexibility index (Phi) is 2.95. The maximum Gasteiger partial charge on any atom is 0.338 e. The van der Waals surface area contributed by atoms with Gasteiger partial charge in [-0.2, -0.15) is 0 Å². The van der Waals surface area contributed by atoms with E-state index in [1.165, 1.54) is 0 Å². The van der Waals surface area contributed by atoms with Gasteiger partial charge in [-0.05, 0) is 31.2 Å². The lowest BCUT2D eigenvalue weighted by atomic mass is 10.2. The van der Waals surface area contributed by atoms with E-state index in [0.29, 0.717) is 12.2 Å². The molecule has 0 atom stereocenters. The Balaban J connectivity index is 2.20. The van der Waals surface area contributed by atoms with Crippen LogP contribution >= 0.6 is 0 Å². The molecule has 1 aromatic heterocycles. The van der Waals surface area contributed by atoms with Gasteiger partial charge >= 0.3 is 5.97 Å². The van der Waals surface area contributed by atoms with Crippen LogP contribution in [0.25, 0.3) is 5.69 Å². The number of hydrogen-bond donors (Lipinski definition) is 0. The van der Waals surface area contributed by atoms with Gasteiger partial charge in [0.2, 0.25) is 0 Å². The summed E-state index contributed by atoms with van der Waals surface area (Å²) in [7, 11) is 0. The highest BCUT2D eigenvalue weighted by molar-refractivity contribution is 5.89. The molecule has 0 fully saturated rings. The van der Waals surface area contributed by atoms with E-state index >= 15 is 0 Å². The average molecular weight is 217 g/mol. The largest absolute Gasteiger partial charge is 0.462 e. The minimum absolute atomic E-state index is 0.308. The molecule has 5 heteroatoms. The van der Waals surface area contributed by atoms with Gasteiger partial charge in [0.1, 0.15) is 12.7 Å². The Labute approximate surface area is 92.7 Å². The third kappa shape index (κ3) is 2.08. The number of ether oxygens (including phenoxy) is 1. The van der Waals surface area contributed by atoms with Crippen LogP contribution in [-0.4, -0.2) is 27.3 Å². The lowest BCUT2D eigenvalue weighted by Gasteiger charge is -2.03. The molecule has 0 spiro atoms. The first-order valence-electron chi connectivity index (χ1n) is 4.93. The number of carbonyl (C=O) groups excluding carboxylic acids is 1. The van der Waals surface area contributed by atoms with Crippen LogP contribution in [-0.2, 0) is 4.74 Å². The lowest BCUT2D eigenvalue weighted by molar-refractivity contribution is 0.0526. The van der Waals surface area contributed by atoms with E-state index in [1.807, 2.05) is 12.1 Å². The second-order valence-corrected chi connectivity index (χ2v) is 3.14. The van der Waals surface area contributed by atoms with Crippen molar-refractivity contribution in [2.24, 2.45) is 0 Å². The van der Waals surface area contributed by atoms with Crippen LogP contribution in [0.15, 0.2) is 36.9 Å². The Hall–Kier alpha value is -2.17. The van der Waals surface area contributed by atoms with E-state index in [2.05, 4.69) is 10.2 Å². The molecule has 2 aromatic rings. The molecule has 0 unspecified atom stereocenters. The zero-order valence-electron chi connectivity index (χ0n) is 8.83. The molecule has 1 aromatic carbocycles. The number of benzene rings is 1. The van der Waals surface area contributed by atoms with Gasteiger partial charge in [-0.25, -0.2) is 4.79 Å². The van der Waals surface area contributed by atoms with Gasteiger partial charge in [-0.15, -0.1) is 10.2 Å². The molecule has 0 saturated carbocycles. The van der Waals surface area contributed by atoms with Crippen molar-refractivity contribution in [3.63, 3.8) is 0 Å². The predicted molar refractivity (Wildman–Crippen MR) is 57.3 cm³/mol. The van der Waals surface area contributed by atoms with Crippen LogP contribution in [0.5, 0.6) is 0 Å². The van der Waals surface area contributed by atoms with E-state index in [9.17, 15) is 4.79 Å². The summed E-state index contributed by atoms with van der Waals surface area (Å²) in [4.78, 5) is 11.4. The van der Waals surface area contributed by atoms with Crippen molar-refractivity contribution in [1.82, 2.24) is 14.8 Å². The second-order valence-electron chi connectivity index (χ2n) is 3.14. The summed E-state index contributed by atoms with van der Waals surface area (Å²) in [5.41, 5.74) is 1.44. The van der Waals surface area contributed by atoms with Crippen molar-refractivity contribution in [3.05, 3.63) is 42.5 Å². The number of hydrogen-bond acceptors (Lipinski definition) is 4. The molecule has 0 amide bonds. The van der Waals surface area contributed by atoms with Crippen molar-refractivity contribution < 1.29 is 9.53 Å². The highest BCUT2D eigenvalue weighted by Crippen LogP contribution is 2.09. The number of rotatable bonds is 3. The highest BCUT2D eigenvalue weighted by Gasteiger charge is 2.05. The minimum atomic E-state index is -0.308. The van der Waals surface area contributed by atoms with E-state index in [-0.39, 0.29) is 5.97 Å². The van der Waals surface area contributed by atoms with Crippen LogP contribution in [0.3, 0.4) is 0 Å². The fourth-order valence-electron chi connectivity index (χ4n) is 1.32. The van der Waals surface area contributed by atoms with Gasteiger partial charge in [0.05, 0.1) is 12.2 Å². The smallest absolute Gasteiger partial charge is 0.338 e. The first-order valence-corrected chi connectivity index (χ1v) is 4.93. The summed E-state index contributed by atoms with van der Waals surface area (Å²) < 4.78 is 6.65. The molecule has 0 aliphatic heterocycles. The van der Waals surface area contributed by atoms with Crippen LogP contribution in [0.1, 0.15) is 17.3 Å².